The molecule has 1 aliphatic rings. The van der Waals surface area contributed by atoms with Gasteiger partial charge in [0.15, 0.2) is 6.23 Å². The number of aromatic nitrogens is 3. The zero-order valence-electron chi connectivity index (χ0n) is 14.1. The Hall–Kier alpha value is -2.04. The van der Waals surface area contributed by atoms with Crippen molar-refractivity contribution in [1.29, 1.82) is 0 Å². The van der Waals surface area contributed by atoms with Crippen molar-refractivity contribution < 1.29 is 24.4 Å². The predicted molar refractivity (Wildman–Crippen MR) is 96.5 cm³/mol. The monoisotopic (exact) mass is 391 g/mol. The number of aliphatic hydroxyl groups is 3. The molecule has 0 bridgehead atoms. The molecule has 4 atom stereocenters. The van der Waals surface area contributed by atoms with Crippen LogP contribution in [-0.4, -0.2) is 54.8 Å². The Morgan fingerprint density at radius 3 is 2.59 bits per heavy atom. The Bertz CT molecular complexity index is 936. The van der Waals surface area contributed by atoms with Crippen molar-refractivity contribution in [1.82, 2.24) is 14.5 Å². The molecular weight excluding hydrogens is 373 g/mol. The van der Waals surface area contributed by atoms with Gasteiger partial charge in [0.2, 0.25) is 0 Å². The van der Waals surface area contributed by atoms with Gasteiger partial charge in [-0.25, -0.2) is 14.4 Å². The number of fused-ring (bicyclic) bond motifs is 1. The van der Waals surface area contributed by atoms with Gasteiger partial charge in [0, 0.05) is 11.9 Å². The molecule has 0 saturated carbocycles. The van der Waals surface area contributed by atoms with Crippen LogP contribution in [0.15, 0.2) is 47.9 Å². The maximum atomic E-state index is 13.0. The molecule has 0 spiro atoms. The summed E-state index contributed by atoms with van der Waals surface area (Å²) in [5.74, 6) is 0.342. The smallest absolute Gasteiger partial charge is 0.164 e. The van der Waals surface area contributed by atoms with Crippen molar-refractivity contribution >= 4 is 22.8 Å². The lowest BCUT2D eigenvalue weighted by Crippen LogP contribution is -2.33. The minimum atomic E-state index is -1.18. The van der Waals surface area contributed by atoms with Gasteiger partial charge in [0.25, 0.3) is 0 Å². The fourth-order valence-electron chi connectivity index (χ4n) is 3.11. The van der Waals surface area contributed by atoms with Crippen LogP contribution in [0.4, 0.5) is 4.39 Å². The molecule has 1 saturated heterocycles. The molecule has 7 nitrogen and oxygen atoms in total. The molecule has 1 fully saturated rings. The van der Waals surface area contributed by atoms with Crippen LogP contribution in [0.2, 0.25) is 0 Å². The average molecular weight is 391 g/mol. The normalized spacial score (nSPS) is 25.3. The number of rotatable bonds is 5. The molecule has 9 heteroatoms. The highest BCUT2D eigenvalue weighted by Gasteiger charge is 2.43. The maximum absolute atomic E-state index is 13.0. The number of benzene rings is 1. The molecule has 2 aromatic heterocycles. The molecule has 0 unspecified atom stereocenters. The molecular formula is C18H18FN3O4S. The summed E-state index contributed by atoms with van der Waals surface area (Å²) in [6, 6.07) is 8.11. The standard InChI is InChI=1S/C18H18FN3O4S/c19-11-3-1-10(2-4-11)8-27-17-12-5-6-22(16(12)20-9-21-17)18-15(25)14(24)13(7-23)26-18/h1-6,9,13-15,18,23-25H,7-8H2/t13-,14-,15-,18-/m1/s1. The first-order valence-corrected chi connectivity index (χ1v) is 9.38. The lowest BCUT2D eigenvalue weighted by Gasteiger charge is -2.17. The topological polar surface area (TPSA) is 101 Å². The van der Waals surface area contributed by atoms with Crippen LogP contribution in [0.25, 0.3) is 11.0 Å². The van der Waals surface area contributed by atoms with E-state index < -0.39 is 24.5 Å². The second-order valence-electron chi connectivity index (χ2n) is 6.28. The largest absolute Gasteiger partial charge is 0.394 e. The van der Waals surface area contributed by atoms with Crippen molar-refractivity contribution in [2.24, 2.45) is 0 Å². The fraction of sp³-hybridized carbons (Fsp3) is 0.333. The first-order valence-electron chi connectivity index (χ1n) is 8.39. The minimum absolute atomic E-state index is 0.274. The van der Waals surface area contributed by atoms with Crippen LogP contribution in [0.5, 0.6) is 0 Å². The highest BCUT2D eigenvalue weighted by molar-refractivity contribution is 7.98. The van der Waals surface area contributed by atoms with Crippen LogP contribution < -0.4 is 0 Å². The highest BCUT2D eigenvalue weighted by atomic mass is 32.2. The molecule has 3 aromatic rings. The van der Waals surface area contributed by atoms with E-state index in [0.717, 1.165) is 16.0 Å². The molecule has 0 aliphatic carbocycles. The van der Waals surface area contributed by atoms with E-state index in [-0.39, 0.29) is 12.4 Å². The van der Waals surface area contributed by atoms with Crippen LogP contribution in [0, 0.1) is 5.82 Å². The summed E-state index contributed by atoms with van der Waals surface area (Å²) in [4.78, 5) is 8.59. The Kier molecular flexibility index (Phi) is 5.11. The number of thioether (sulfide) groups is 1. The summed E-state index contributed by atoms with van der Waals surface area (Å²) in [6.07, 6.45) is -0.917. The van der Waals surface area contributed by atoms with Gasteiger partial charge in [0.05, 0.1) is 12.0 Å². The SMILES string of the molecule is OC[C@H]1O[C@@H](n2ccc3c(SCc4ccc(F)cc4)ncnc32)[C@H](O)[C@@H]1O. The Balaban J connectivity index is 1.59. The van der Waals surface area contributed by atoms with Gasteiger partial charge in [-0.3, -0.25) is 0 Å². The molecule has 4 rings (SSSR count). The number of hydrogen-bond acceptors (Lipinski definition) is 7. The van der Waals surface area contributed by atoms with Gasteiger partial charge in [-0.15, -0.1) is 11.8 Å². The average Bonchev–Trinajstić information content (AvgIpc) is 3.23. The fourth-order valence-corrected chi connectivity index (χ4v) is 4.04. The third kappa shape index (κ3) is 3.44. The van der Waals surface area contributed by atoms with Crippen molar-refractivity contribution in [3.63, 3.8) is 0 Å². The zero-order valence-corrected chi connectivity index (χ0v) is 15.0. The van der Waals surface area contributed by atoms with Gasteiger partial charge >= 0.3 is 0 Å². The van der Waals surface area contributed by atoms with E-state index >= 15 is 0 Å². The Morgan fingerprint density at radius 2 is 1.89 bits per heavy atom. The number of halogens is 1. The number of hydrogen-bond donors (Lipinski definition) is 3. The molecule has 3 N–H and O–H groups in total. The van der Waals surface area contributed by atoms with E-state index in [1.165, 1.54) is 30.2 Å². The molecule has 0 amide bonds. The summed E-state index contributed by atoms with van der Waals surface area (Å²) < 4.78 is 20.2. The minimum Gasteiger partial charge on any atom is -0.394 e. The summed E-state index contributed by atoms with van der Waals surface area (Å²) >= 11 is 1.49. The molecule has 3 heterocycles. The van der Waals surface area contributed by atoms with Gasteiger partial charge < -0.3 is 24.6 Å². The van der Waals surface area contributed by atoms with Gasteiger partial charge in [-0.2, -0.15) is 0 Å². The summed E-state index contributed by atoms with van der Waals surface area (Å²) in [5, 5.41) is 31.0. The van der Waals surface area contributed by atoms with Crippen LogP contribution in [0.1, 0.15) is 11.8 Å². The van der Waals surface area contributed by atoms with E-state index in [1.807, 2.05) is 6.07 Å². The van der Waals surface area contributed by atoms with Crippen LogP contribution >= 0.6 is 11.8 Å². The van der Waals surface area contributed by atoms with E-state index in [9.17, 15) is 19.7 Å². The molecule has 0 radical (unpaired) electrons. The number of aliphatic hydroxyl groups excluding tert-OH is 3. The third-order valence-electron chi connectivity index (χ3n) is 4.55. The van der Waals surface area contributed by atoms with E-state index in [4.69, 9.17) is 4.74 Å². The first kappa shape index (κ1) is 18.3. The Morgan fingerprint density at radius 1 is 1.11 bits per heavy atom. The quantitative estimate of drug-likeness (QED) is 0.447. The second-order valence-corrected chi connectivity index (χ2v) is 7.25. The predicted octanol–water partition coefficient (Wildman–Crippen LogP) is 1.47. The lowest BCUT2D eigenvalue weighted by atomic mass is 10.1. The summed E-state index contributed by atoms with van der Waals surface area (Å²) in [7, 11) is 0. The second kappa shape index (κ2) is 7.53. The van der Waals surface area contributed by atoms with E-state index in [0.29, 0.717) is 11.4 Å². The van der Waals surface area contributed by atoms with Crippen LogP contribution in [-0.2, 0) is 10.5 Å². The maximum Gasteiger partial charge on any atom is 0.164 e. The van der Waals surface area contributed by atoms with Crippen molar-refractivity contribution in [2.45, 2.75) is 35.3 Å². The van der Waals surface area contributed by atoms with Gasteiger partial charge in [-0.05, 0) is 23.8 Å². The summed E-state index contributed by atoms with van der Waals surface area (Å²) in [5.41, 5.74) is 1.53. The van der Waals surface area contributed by atoms with Crippen molar-refractivity contribution in [3.8, 4) is 0 Å². The van der Waals surface area contributed by atoms with E-state index in [1.54, 1.807) is 22.9 Å². The number of nitrogens with zero attached hydrogens (tertiary/aromatic N) is 3. The highest BCUT2D eigenvalue weighted by Crippen LogP contribution is 2.34. The molecule has 142 valence electrons. The first-order chi connectivity index (χ1) is 13.1. The third-order valence-corrected chi connectivity index (χ3v) is 5.63. The number of ether oxygens (including phenoxy) is 1. The van der Waals surface area contributed by atoms with Gasteiger partial charge in [-0.1, -0.05) is 12.1 Å². The van der Waals surface area contributed by atoms with Crippen LogP contribution in [0.3, 0.4) is 0 Å². The zero-order chi connectivity index (χ0) is 19.0. The lowest BCUT2D eigenvalue weighted by molar-refractivity contribution is -0.0508. The van der Waals surface area contributed by atoms with Gasteiger partial charge in [0.1, 0.15) is 41.1 Å². The molecule has 27 heavy (non-hydrogen) atoms. The van der Waals surface area contributed by atoms with E-state index in [2.05, 4.69) is 9.97 Å². The Labute approximate surface area is 158 Å². The molecule has 1 aliphatic heterocycles. The van der Waals surface area contributed by atoms with Crippen molar-refractivity contribution in [3.05, 3.63) is 54.2 Å². The van der Waals surface area contributed by atoms with Crippen molar-refractivity contribution in [2.75, 3.05) is 6.61 Å². The molecule has 1 aromatic carbocycles. The summed E-state index contributed by atoms with van der Waals surface area (Å²) in [6.45, 7) is -0.387.